The Hall–Kier alpha value is -0.690. The van der Waals surface area contributed by atoms with Crippen molar-refractivity contribution in [2.45, 2.75) is 27.7 Å². The molecule has 1 rings (SSSR count). The molecule has 0 aromatic heterocycles. The lowest BCUT2D eigenvalue weighted by molar-refractivity contribution is 0.553. The predicted molar refractivity (Wildman–Crippen MR) is 73.3 cm³/mol. The second-order valence-corrected chi connectivity index (χ2v) is 5.61. The molecule has 0 aliphatic carbocycles. The highest BCUT2D eigenvalue weighted by Crippen LogP contribution is 2.20. The second kappa shape index (κ2) is 6.15. The molecule has 0 spiro atoms. The molecule has 0 bridgehead atoms. The number of anilines is 1. The Morgan fingerprint density at radius 3 is 1.75 bits per heavy atom. The van der Waals surface area contributed by atoms with Crippen molar-refractivity contribution in [3.63, 3.8) is 0 Å². The van der Waals surface area contributed by atoms with Gasteiger partial charge in [0.15, 0.2) is 0 Å². The van der Waals surface area contributed by atoms with E-state index in [0.717, 1.165) is 18.1 Å². The Morgan fingerprint density at radius 2 is 1.38 bits per heavy atom. The van der Waals surface area contributed by atoms with E-state index in [0.29, 0.717) is 11.8 Å². The van der Waals surface area contributed by atoms with Crippen LogP contribution in [0.4, 0.5) is 5.69 Å². The molecule has 0 unspecified atom stereocenters. The van der Waals surface area contributed by atoms with Crippen LogP contribution in [0.15, 0.2) is 24.3 Å². The molecule has 0 radical (unpaired) electrons. The van der Waals surface area contributed by atoms with Gasteiger partial charge in [0.1, 0.15) is 0 Å². The van der Waals surface area contributed by atoms with Crippen LogP contribution in [-0.2, 0) is 0 Å². The van der Waals surface area contributed by atoms with E-state index in [1.54, 1.807) is 0 Å². The highest BCUT2D eigenvalue weighted by Gasteiger charge is 2.10. The first kappa shape index (κ1) is 13.4. The van der Waals surface area contributed by atoms with E-state index in [-0.39, 0.29) is 0 Å². The Labute approximate surface area is 104 Å². The van der Waals surface area contributed by atoms with Crippen LogP contribution in [0.1, 0.15) is 27.7 Å². The number of hydrogen-bond donors (Lipinski definition) is 0. The molecule has 2 heteroatoms. The Balaban J connectivity index is 2.78. The van der Waals surface area contributed by atoms with Crippen molar-refractivity contribution in [1.29, 1.82) is 0 Å². The van der Waals surface area contributed by atoms with Crippen LogP contribution in [0.25, 0.3) is 0 Å². The summed E-state index contributed by atoms with van der Waals surface area (Å²) in [5.74, 6) is 1.35. The van der Waals surface area contributed by atoms with Crippen LogP contribution >= 0.6 is 11.6 Å². The van der Waals surface area contributed by atoms with E-state index in [1.807, 2.05) is 12.1 Å². The molecule has 16 heavy (non-hydrogen) atoms. The molecule has 0 amide bonds. The summed E-state index contributed by atoms with van der Waals surface area (Å²) >= 11 is 5.91. The van der Waals surface area contributed by atoms with E-state index >= 15 is 0 Å². The Kier molecular flexibility index (Phi) is 5.14. The van der Waals surface area contributed by atoms with Gasteiger partial charge in [0.2, 0.25) is 0 Å². The number of benzene rings is 1. The van der Waals surface area contributed by atoms with Gasteiger partial charge in [0, 0.05) is 23.8 Å². The highest BCUT2D eigenvalue weighted by atomic mass is 35.5. The van der Waals surface area contributed by atoms with Crippen LogP contribution in [0.3, 0.4) is 0 Å². The van der Waals surface area contributed by atoms with Gasteiger partial charge in [0.05, 0.1) is 0 Å². The Bertz CT molecular complexity index is 293. The summed E-state index contributed by atoms with van der Waals surface area (Å²) in [5, 5.41) is 0.804. The first-order chi connectivity index (χ1) is 7.49. The molecule has 0 fully saturated rings. The minimum absolute atomic E-state index is 0.675. The third-order valence-electron chi connectivity index (χ3n) is 2.36. The molecule has 1 nitrogen and oxygen atoms in total. The van der Waals surface area contributed by atoms with Crippen LogP contribution in [0.5, 0.6) is 0 Å². The van der Waals surface area contributed by atoms with Crippen LogP contribution < -0.4 is 4.90 Å². The van der Waals surface area contributed by atoms with E-state index < -0.39 is 0 Å². The minimum atomic E-state index is 0.675. The maximum absolute atomic E-state index is 5.91. The zero-order valence-electron chi connectivity index (χ0n) is 10.7. The lowest BCUT2D eigenvalue weighted by Gasteiger charge is -2.28. The van der Waals surface area contributed by atoms with Crippen molar-refractivity contribution in [1.82, 2.24) is 0 Å². The standard InChI is InChI=1S/C14H22ClN/c1-11(2)9-16(10-12(3)4)14-7-5-13(15)6-8-14/h5-8,11-12H,9-10H2,1-4H3. The summed E-state index contributed by atoms with van der Waals surface area (Å²) in [5.41, 5.74) is 1.27. The first-order valence-electron chi connectivity index (χ1n) is 5.99. The van der Waals surface area contributed by atoms with Gasteiger partial charge in [-0.25, -0.2) is 0 Å². The fourth-order valence-electron chi connectivity index (χ4n) is 1.82. The van der Waals surface area contributed by atoms with Gasteiger partial charge in [-0.1, -0.05) is 39.3 Å². The average Bonchev–Trinajstić information content (AvgIpc) is 2.16. The quantitative estimate of drug-likeness (QED) is 0.734. The molecular formula is C14H22ClN. The Morgan fingerprint density at radius 1 is 0.938 bits per heavy atom. The smallest absolute Gasteiger partial charge is 0.0407 e. The van der Waals surface area contributed by atoms with Crippen LogP contribution in [0, 0.1) is 11.8 Å². The molecule has 0 saturated carbocycles. The van der Waals surface area contributed by atoms with Crippen molar-refractivity contribution >= 4 is 17.3 Å². The van der Waals surface area contributed by atoms with Crippen molar-refractivity contribution in [2.75, 3.05) is 18.0 Å². The van der Waals surface area contributed by atoms with E-state index in [1.165, 1.54) is 5.69 Å². The van der Waals surface area contributed by atoms with Gasteiger partial charge in [-0.3, -0.25) is 0 Å². The largest absolute Gasteiger partial charge is 0.371 e. The molecule has 0 heterocycles. The van der Waals surface area contributed by atoms with Crippen molar-refractivity contribution < 1.29 is 0 Å². The van der Waals surface area contributed by atoms with Gasteiger partial charge in [-0.05, 0) is 36.1 Å². The highest BCUT2D eigenvalue weighted by molar-refractivity contribution is 6.30. The number of nitrogens with zero attached hydrogens (tertiary/aromatic N) is 1. The third-order valence-corrected chi connectivity index (χ3v) is 2.61. The van der Waals surface area contributed by atoms with E-state index in [4.69, 9.17) is 11.6 Å². The molecule has 0 aliphatic rings. The lowest BCUT2D eigenvalue weighted by atomic mass is 10.1. The van der Waals surface area contributed by atoms with Gasteiger partial charge in [-0.15, -0.1) is 0 Å². The summed E-state index contributed by atoms with van der Waals surface area (Å²) in [6.45, 7) is 11.2. The van der Waals surface area contributed by atoms with Crippen LogP contribution in [0.2, 0.25) is 5.02 Å². The van der Waals surface area contributed by atoms with Crippen molar-refractivity contribution in [3.8, 4) is 0 Å². The second-order valence-electron chi connectivity index (χ2n) is 5.17. The van der Waals surface area contributed by atoms with Gasteiger partial charge in [0.25, 0.3) is 0 Å². The molecule has 1 aromatic rings. The maximum atomic E-state index is 5.91. The summed E-state index contributed by atoms with van der Waals surface area (Å²) in [6.07, 6.45) is 0. The fraction of sp³-hybridized carbons (Fsp3) is 0.571. The fourth-order valence-corrected chi connectivity index (χ4v) is 1.94. The SMILES string of the molecule is CC(C)CN(CC(C)C)c1ccc(Cl)cc1. The van der Waals surface area contributed by atoms with Crippen LogP contribution in [-0.4, -0.2) is 13.1 Å². The summed E-state index contributed by atoms with van der Waals surface area (Å²) in [6, 6.07) is 8.13. The normalized spacial score (nSPS) is 11.2. The zero-order valence-corrected chi connectivity index (χ0v) is 11.5. The number of hydrogen-bond acceptors (Lipinski definition) is 1. The van der Waals surface area contributed by atoms with Gasteiger partial charge < -0.3 is 4.90 Å². The van der Waals surface area contributed by atoms with Crippen molar-refractivity contribution in [2.24, 2.45) is 11.8 Å². The molecule has 0 atom stereocenters. The van der Waals surface area contributed by atoms with E-state index in [9.17, 15) is 0 Å². The summed E-state index contributed by atoms with van der Waals surface area (Å²) in [7, 11) is 0. The molecule has 0 aliphatic heterocycles. The average molecular weight is 240 g/mol. The summed E-state index contributed by atoms with van der Waals surface area (Å²) in [4.78, 5) is 2.44. The van der Waals surface area contributed by atoms with Gasteiger partial charge >= 0.3 is 0 Å². The monoisotopic (exact) mass is 239 g/mol. The minimum Gasteiger partial charge on any atom is -0.371 e. The number of halogens is 1. The third kappa shape index (κ3) is 4.44. The molecule has 0 saturated heterocycles. The predicted octanol–water partition coefficient (Wildman–Crippen LogP) is 4.46. The molecular weight excluding hydrogens is 218 g/mol. The summed E-state index contributed by atoms with van der Waals surface area (Å²) < 4.78 is 0. The molecule has 1 aromatic carbocycles. The number of rotatable bonds is 5. The first-order valence-corrected chi connectivity index (χ1v) is 6.37. The zero-order chi connectivity index (χ0) is 12.1. The topological polar surface area (TPSA) is 3.24 Å². The molecule has 0 N–H and O–H groups in total. The van der Waals surface area contributed by atoms with Gasteiger partial charge in [-0.2, -0.15) is 0 Å². The maximum Gasteiger partial charge on any atom is 0.0407 e. The lowest BCUT2D eigenvalue weighted by Crippen LogP contribution is -2.31. The van der Waals surface area contributed by atoms with Crippen molar-refractivity contribution in [3.05, 3.63) is 29.3 Å². The van der Waals surface area contributed by atoms with E-state index in [2.05, 4.69) is 44.7 Å². The molecule has 90 valence electrons.